The molecule has 1 aromatic heterocycles. The Labute approximate surface area is 231 Å². The zero-order chi connectivity index (χ0) is 27.1. The summed E-state index contributed by atoms with van der Waals surface area (Å²) in [6.45, 7) is 3.63. The lowest BCUT2D eigenvalue weighted by atomic mass is 10.1. The summed E-state index contributed by atoms with van der Waals surface area (Å²) in [5, 5.41) is 2.42. The highest BCUT2D eigenvalue weighted by molar-refractivity contribution is 5.93. The minimum Gasteiger partial charge on any atom is -0.486 e. The molecule has 0 radical (unpaired) electrons. The van der Waals surface area contributed by atoms with Crippen molar-refractivity contribution in [1.29, 1.82) is 0 Å². The Bertz CT molecular complexity index is 1710. The topological polar surface area (TPSA) is 59.8 Å². The first-order chi connectivity index (χ1) is 19.6. The van der Waals surface area contributed by atoms with Crippen LogP contribution in [0, 0.1) is 5.82 Å². The van der Waals surface area contributed by atoms with Crippen molar-refractivity contribution in [3.05, 3.63) is 103 Å². The molecule has 1 amide bonds. The van der Waals surface area contributed by atoms with E-state index in [1.165, 1.54) is 22.9 Å². The molecule has 3 heterocycles. The van der Waals surface area contributed by atoms with Gasteiger partial charge in [-0.05, 0) is 59.3 Å². The molecule has 200 valence electrons. The number of nitrogens with zero attached hydrogens (tertiary/aromatic N) is 4. The van der Waals surface area contributed by atoms with E-state index in [0.717, 1.165) is 24.5 Å². The number of carbonyl (C=O) groups is 1. The van der Waals surface area contributed by atoms with Crippen LogP contribution in [0.25, 0.3) is 27.8 Å². The van der Waals surface area contributed by atoms with Crippen LogP contribution in [0.3, 0.4) is 0 Å². The first-order valence-corrected chi connectivity index (χ1v) is 13.4. The number of rotatable bonds is 4. The van der Waals surface area contributed by atoms with Crippen molar-refractivity contribution in [2.75, 3.05) is 44.3 Å². The maximum atomic E-state index is 13.7. The van der Waals surface area contributed by atoms with Gasteiger partial charge >= 0.3 is 0 Å². The molecule has 1 saturated heterocycles. The summed E-state index contributed by atoms with van der Waals surface area (Å²) in [7, 11) is 0. The van der Waals surface area contributed by atoms with Crippen molar-refractivity contribution in [1.82, 2.24) is 14.5 Å². The Hall–Kier alpha value is -4.85. The van der Waals surface area contributed by atoms with E-state index in [2.05, 4.69) is 35.2 Å². The van der Waals surface area contributed by atoms with Crippen molar-refractivity contribution in [3.63, 3.8) is 0 Å². The van der Waals surface area contributed by atoms with Crippen molar-refractivity contribution in [2.45, 2.75) is 0 Å². The van der Waals surface area contributed by atoms with Crippen molar-refractivity contribution < 1.29 is 18.7 Å². The molecule has 8 heteroatoms. The van der Waals surface area contributed by atoms with Gasteiger partial charge in [0, 0.05) is 49.7 Å². The van der Waals surface area contributed by atoms with E-state index in [0.29, 0.717) is 54.9 Å². The number of hydrogen-bond acceptors (Lipinski definition) is 5. The molecule has 4 aromatic carbocycles. The highest BCUT2D eigenvalue weighted by atomic mass is 19.1. The number of imidazole rings is 1. The lowest BCUT2D eigenvalue weighted by Gasteiger charge is -2.36. The van der Waals surface area contributed by atoms with Crippen LogP contribution in [0.4, 0.5) is 10.1 Å². The third-order valence-electron chi connectivity index (χ3n) is 7.50. The van der Waals surface area contributed by atoms with Gasteiger partial charge in [0.1, 0.15) is 30.5 Å². The third-order valence-corrected chi connectivity index (χ3v) is 7.50. The van der Waals surface area contributed by atoms with Crippen LogP contribution >= 0.6 is 0 Å². The lowest BCUT2D eigenvalue weighted by Crippen LogP contribution is -2.48. The standard InChI is InChI=1S/C32H27FN4O3/c33-25-8-5-23(6-9-25)31-34-28(21-37(31)27-11-12-29-30(20-27)40-18-17-39-29)32(38)36-15-13-35(14-16-36)26-10-7-22-3-1-2-4-24(22)19-26/h1-12,19-21H,13-18H2. The molecule has 0 unspecified atom stereocenters. The number of aromatic nitrogens is 2. The van der Waals surface area contributed by atoms with Crippen LogP contribution in [0.15, 0.2) is 91.1 Å². The van der Waals surface area contributed by atoms with Crippen molar-refractivity contribution in [3.8, 4) is 28.6 Å². The number of halogens is 1. The largest absolute Gasteiger partial charge is 0.486 e. The second-order valence-corrected chi connectivity index (χ2v) is 9.97. The van der Waals surface area contributed by atoms with Gasteiger partial charge in [-0.25, -0.2) is 9.37 Å². The zero-order valence-corrected chi connectivity index (χ0v) is 21.8. The van der Waals surface area contributed by atoms with Gasteiger partial charge in [-0.2, -0.15) is 0 Å². The maximum Gasteiger partial charge on any atom is 0.274 e. The number of hydrogen-bond donors (Lipinski definition) is 0. The van der Waals surface area contributed by atoms with Crippen LogP contribution in [0.5, 0.6) is 11.5 Å². The number of carbonyl (C=O) groups excluding carboxylic acids is 1. The average molecular weight is 535 g/mol. The lowest BCUT2D eigenvalue weighted by molar-refractivity contribution is 0.0741. The van der Waals surface area contributed by atoms with E-state index in [9.17, 15) is 9.18 Å². The predicted molar refractivity (Wildman–Crippen MR) is 152 cm³/mol. The smallest absolute Gasteiger partial charge is 0.274 e. The van der Waals surface area contributed by atoms with Crippen LogP contribution < -0.4 is 14.4 Å². The molecule has 0 atom stereocenters. The number of benzene rings is 4. The fraction of sp³-hybridized carbons (Fsp3) is 0.188. The minimum atomic E-state index is -0.332. The number of anilines is 1. The zero-order valence-electron chi connectivity index (χ0n) is 21.8. The van der Waals surface area contributed by atoms with Crippen LogP contribution in [-0.2, 0) is 0 Å². The number of ether oxygens (including phenoxy) is 2. The molecule has 0 bridgehead atoms. The van der Waals surface area contributed by atoms with Crippen LogP contribution in [0.1, 0.15) is 10.5 Å². The first-order valence-electron chi connectivity index (χ1n) is 13.4. The number of fused-ring (bicyclic) bond motifs is 2. The van der Waals surface area contributed by atoms with Gasteiger partial charge in [0.05, 0.1) is 5.69 Å². The second-order valence-electron chi connectivity index (χ2n) is 9.97. The third kappa shape index (κ3) is 4.51. The van der Waals surface area contributed by atoms with Gasteiger partial charge in [0.2, 0.25) is 0 Å². The summed E-state index contributed by atoms with van der Waals surface area (Å²) in [4.78, 5) is 22.6. The minimum absolute atomic E-state index is 0.127. The van der Waals surface area contributed by atoms with Crippen molar-refractivity contribution in [2.24, 2.45) is 0 Å². The van der Waals surface area contributed by atoms with E-state index >= 15 is 0 Å². The summed E-state index contributed by atoms with van der Waals surface area (Å²) in [6.07, 6.45) is 1.75. The fourth-order valence-corrected chi connectivity index (χ4v) is 5.37. The monoisotopic (exact) mass is 534 g/mol. The fourth-order valence-electron chi connectivity index (χ4n) is 5.37. The highest BCUT2D eigenvalue weighted by Crippen LogP contribution is 2.34. The quantitative estimate of drug-likeness (QED) is 0.302. The Morgan fingerprint density at radius 2 is 1.48 bits per heavy atom. The van der Waals surface area contributed by atoms with E-state index < -0.39 is 0 Å². The highest BCUT2D eigenvalue weighted by Gasteiger charge is 2.26. The normalized spacial score (nSPS) is 14.9. The average Bonchev–Trinajstić information content (AvgIpc) is 3.46. The van der Waals surface area contributed by atoms with Gasteiger partial charge in [-0.3, -0.25) is 9.36 Å². The van der Waals surface area contributed by atoms with Gasteiger partial charge < -0.3 is 19.3 Å². The summed E-state index contributed by atoms with van der Waals surface area (Å²) in [5.41, 5.74) is 2.98. The van der Waals surface area contributed by atoms with E-state index in [1.54, 1.807) is 18.3 Å². The van der Waals surface area contributed by atoms with Crippen molar-refractivity contribution >= 4 is 22.4 Å². The SMILES string of the molecule is O=C(c1cn(-c2ccc3c(c2)OCCO3)c(-c2ccc(F)cc2)n1)N1CCN(c2ccc3ccccc3c2)CC1. The molecule has 0 N–H and O–H groups in total. The van der Waals surface area contributed by atoms with Crippen LogP contribution in [0.2, 0.25) is 0 Å². The molecule has 0 aliphatic carbocycles. The Morgan fingerprint density at radius 3 is 2.27 bits per heavy atom. The molecule has 0 spiro atoms. The summed E-state index contributed by atoms with van der Waals surface area (Å²) < 4.78 is 27.0. The van der Waals surface area contributed by atoms with E-state index in [-0.39, 0.29) is 11.7 Å². The van der Waals surface area contributed by atoms with Gasteiger partial charge in [0.15, 0.2) is 11.5 Å². The molecule has 40 heavy (non-hydrogen) atoms. The van der Waals surface area contributed by atoms with E-state index in [4.69, 9.17) is 14.5 Å². The Kier molecular flexibility index (Phi) is 6.07. The molecule has 2 aliphatic rings. The summed E-state index contributed by atoms with van der Waals surface area (Å²) >= 11 is 0. The second kappa shape index (κ2) is 10.0. The molecule has 0 saturated carbocycles. The maximum absolute atomic E-state index is 13.7. The molecule has 2 aliphatic heterocycles. The molecule has 1 fully saturated rings. The molecule has 7 nitrogen and oxygen atoms in total. The van der Waals surface area contributed by atoms with Gasteiger partial charge in [-0.15, -0.1) is 0 Å². The van der Waals surface area contributed by atoms with Crippen LogP contribution in [-0.4, -0.2) is 59.8 Å². The summed E-state index contributed by atoms with van der Waals surface area (Å²) in [5.74, 6) is 1.41. The Morgan fingerprint density at radius 1 is 0.750 bits per heavy atom. The molecule has 5 aromatic rings. The number of piperazine rings is 1. The Balaban J connectivity index is 1.15. The van der Waals surface area contributed by atoms with Gasteiger partial charge in [-0.1, -0.05) is 30.3 Å². The molecular weight excluding hydrogens is 507 g/mol. The molecular formula is C32H27FN4O3. The van der Waals surface area contributed by atoms with E-state index in [1.807, 2.05) is 39.8 Å². The summed E-state index contributed by atoms with van der Waals surface area (Å²) in [6, 6.07) is 26.6. The first kappa shape index (κ1) is 24.2. The predicted octanol–water partition coefficient (Wildman–Crippen LogP) is 5.57. The van der Waals surface area contributed by atoms with Gasteiger partial charge in [0.25, 0.3) is 5.91 Å². The number of amides is 1. The molecule has 7 rings (SSSR count).